The van der Waals surface area contributed by atoms with E-state index in [9.17, 15) is 4.79 Å². The SMILES string of the molecule is COCOc1ccc(C2CCC(=O)C2)c(OCOC)c1. The first kappa shape index (κ1) is 14.8. The zero-order chi connectivity index (χ0) is 14.4. The van der Waals surface area contributed by atoms with Gasteiger partial charge in [0.2, 0.25) is 0 Å². The van der Waals surface area contributed by atoms with Crippen LogP contribution in [0.4, 0.5) is 0 Å². The molecule has 1 aromatic rings. The molecule has 110 valence electrons. The van der Waals surface area contributed by atoms with Gasteiger partial charge in [-0.05, 0) is 24.0 Å². The minimum Gasteiger partial charge on any atom is -0.467 e. The van der Waals surface area contributed by atoms with Crippen LogP contribution < -0.4 is 9.47 Å². The quantitative estimate of drug-likeness (QED) is 0.718. The normalized spacial score (nSPS) is 18.3. The van der Waals surface area contributed by atoms with Gasteiger partial charge >= 0.3 is 0 Å². The standard InChI is InChI=1S/C15H20O5/c1-17-9-19-13-5-6-14(11-3-4-12(16)7-11)15(8-13)20-10-18-2/h5-6,8,11H,3-4,7,9-10H2,1-2H3. The first-order chi connectivity index (χ1) is 9.74. The highest BCUT2D eigenvalue weighted by atomic mass is 16.7. The number of ketones is 1. The van der Waals surface area contributed by atoms with Gasteiger partial charge in [0.25, 0.3) is 0 Å². The summed E-state index contributed by atoms with van der Waals surface area (Å²) in [5.41, 5.74) is 1.04. The largest absolute Gasteiger partial charge is 0.467 e. The third kappa shape index (κ3) is 3.71. The van der Waals surface area contributed by atoms with Gasteiger partial charge in [-0.25, -0.2) is 0 Å². The Hall–Kier alpha value is -1.59. The molecule has 1 aliphatic carbocycles. The second-order valence-corrected chi connectivity index (χ2v) is 4.78. The Morgan fingerprint density at radius 1 is 1.15 bits per heavy atom. The molecule has 1 aliphatic rings. The number of carbonyl (C=O) groups is 1. The van der Waals surface area contributed by atoms with Gasteiger partial charge in [-0.3, -0.25) is 4.79 Å². The van der Waals surface area contributed by atoms with Crippen LogP contribution in [0.25, 0.3) is 0 Å². The third-order valence-electron chi connectivity index (χ3n) is 3.35. The summed E-state index contributed by atoms with van der Waals surface area (Å²) in [6.07, 6.45) is 2.11. The van der Waals surface area contributed by atoms with Crippen molar-refractivity contribution < 1.29 is 23.7 Å². The van der Waals surface area contributed by atoms with Crippen molar-refractivity contribution in [3.63, 3.8) is 0 Å². The summed E-state index contributed by atoms with van der Waals surface area (Å²) in [4.78, 5) is 11.5. The Morgan fingerprint density at radius 2 is 1.90 bits per heavy atom. The van der Waals surface area contributed by atoms with E-state index in [2.05, 4.69) is 0 Å². The summed E-state index contributed by atoms with van der Waals surface area (Å²) in [6, 6.07) is 5.65. The van der Waals surface area contributed by atoms with Crippen molar-refractivity contribution in [2.45, 2.75) is 25.2 Å². The molecular formula is C15H20O5. The average Bonchev–Trinajstić information content (AvgIpc) is 2.89. The van der Waals surface area contributed by atoms with E-state index < -0.39 is 0 Å². The molecule has 5 nitrogen and oxygen atoms in total. The molecule has 0 saturated heterocycles. The molecule has 5 heteroatoms. The zero-order valence-corrected chi connectivity index (χ0v) is 11.9. The fraction of sp³-hybridized carbons (Fsp3) is 0.533. The van der Waals surface area contributed by atoms with Crippen LogP contribution in [-0.2, 0) is 14.3 Å². The maximum Gasteiger partial charge on any atom is 0.188 e. The van der Waals surface area contributed by atoms with Gasteiger partial charge in [0.15, 0.2) is 13.6 Å². The highest BCUT2D eigenvalue weighted by Gasteiger charge is 2.26. The van der Waals surface area contributed by atoms with Gasteiger partial charge in [0.1, 0.15) is 17.3 Å². The van der Waals surface area contributed by atoms with E-state index in [0.29, 0.717) is 30.1 Å². The third-order valence-corrected chi connectivity index (χ3v) is 3.35. The fourth-order valence-corrected chi connectivity index (χ4v) is 2.40. The maximum absolute atomic E-state index is 11.5. The lowest BCUT2D eigenvalue weighted by Crippen LogP contribution is -2.05. The molecular weight excluding hydrogens is 260 g/mol. The molecule has 0 aliphatic heterocycles. The summed E-state index contributed by atoms with van der Waals surface area (Å²) in [6.45, 7) is 0.354. The number of hydrogen-bond acceptors (Lipinski definition) is 5. The van der Waals surface area contributed by atoms with Crippen molar-refractivity contribution >= 4 is 5.78 Å². The van der Waals surface area contributed by atoms with Gasteiger partial charge in [0, 0.05) is 33.1 Å². The van der Waals surface area contributed by atoms with Gasteiger partial charge in [-0.15, -0.1) is 0 Å². The van der Waals surface area contributed by atoms with Crippen molar-refractivity contribution in [2.75, 3.05) is 27.8 Å². The summed E-state index contributed by atoms with van der Waals surface area (Å²) in [7, 11) is 3.14. The second-order valence-electron chi connectivity index (χ2n) is 4.78. The monoisotopic (exact) mass is 280 g/mol. The van der Waals surface area contributed by atoms with Crippen LogP contribution in [-0.4, -0.2) is 33.6 Å². The van der Waals surface area contributed by atoms with Crippen LogP contribution in [0.15, 0.2) is 18.2 Å². The highest BCUT2D eigenvalue weighted by Crippen LogP contribution is 2.38. The zero-order valence-electron chi connectivity index (χ0n) is 11.9. The van der Waals surface area contributed by atoms with Gasteiger partial charge in [-0.1, -0.05) is 6.07 Å². The average molecular weight is 280 g/mol. The lowest BCUT2D eigenvalue weighted by Gasteiger charge is -2.16. The van der Waals surface area contributed by atoms with Crippen LogP contribution in [0.2, 0.25) is 0 Å². The number of ether oxygens (including phenoxy) is 4. The van der Waals surface area contributed by atoms with Crippen LogP contribution >= 0.6 is 0 Å². The molecule has 0 amide bonds. The van der Waals surface area contributed by atoms with Crippen LogP contribution in [0.3, 0.4) is 0 Å². The van der Waals surface area contributed by atoms with E-state index in [1.54, 1.807) is 14.2 Å². The number of rotatable bonds is 7. The number of benzene rings is 1. The number of carbonyl (C=O) groups excluding carboxylic acids is 1. The molecule has 0 heterocycles. The van der Waals surface area contributed by atoms with Crippen molar-refractivity contribution in [3.05, 3.63) is 23.8 Å². The molecule has 0 radical (unpaired) electrons. The molecule has 1 unspecified atom stereocenters. The van der Waals surface area contributed by atoms with Gasteiger partial charge < -0.3 is 18.9 Å². The Bertz CT molecular complexity index is 458. The summed E-state index contributed by atoms with van der Waals surface area (Å²) < 4.78 is 20.8. The molecule has 1 fully saturated rings. The van der Waals surface area contributed by atoms with E-state index in [0.717, 1.165) is 12.0 Å². The minimum absolute atomic E-state index is 0.168. The molecule has 0 aromatic heterocycles. The molecule has 20 heavy (non-hydrogen) atoms. The number of hydrogen-bond donors (Lipinski definition) is 0. The Balaban J connectivity index is 2.18. The van der Waals surface area contributed by atoms with Crippen molar-refractivity contribution in [2.24, 2.45) is 0 Å². The van der Waals surface area contributed by atoms with Crippen LogP contribution in [0.5, 0.6) is 11.5 Å². The van der Waals surface area contributed by atoms with E-state index in [-0.39, 0.29) is 19.5 Å². The van der Waals surface area contributed by atoms with Crippen LogP contribution in [0, 0.1) is 0 Å². The second kappa shape index (κ2) is 7.26. The molecule has 1 atom stereocenters. The maximum atomic E-state index is 11.5. The molecule has 0 bridgehead atoms. The predicted molar refractivity (Wildman–Crippen MR) is 73.0 cm³/mol. The highest BCUT2D eigenvalue weighted by molar-refractivity contribution is 5.81. The molecule has 0 N–H and O–H groups in total. The van der Waals surface area contributed by atoms with E-state index in [1.165, 1.54) is 0 Å². The summed E-state index contributed by atoms with van der Waals surface area (Å²) in [5.74, 6) is 1.92. The van der Waals surface area contributed by atoms with Gasteiger partial charge in [-0.2, -0.15) is 0 Å². The van der Waals surface area contributed by atoms with Crippen LogP contribution in [0.1, 0.15) is 30.7 Å². The summed E-state index contributed by atoms with van der Waals surface area (Å²) >= 11 is 0. The molecule has 2 rings (SSSR count). The Kier molecular flexibility index (Phi) is 5.38. The predicted octanol–water partition coefficient (Wildman–Crippen LogP) is 2.49. The van der Waals surface area contributed by atoms with Crippen molar-refractivity contribution in [3.8, 4) is 11.5 Å². The topological polar surface area (TPSA) is 54.0 Å². The minimum atomic E-state index is 0.168. The van der Waals surface area contributed by atoms with Crippen molar-refractivity contribution in [1.29, 1.82) is 0 Å². The van der Waals surface area contributed by atoms with Gasteiger partial charge in [0.05, 0.1) is 0 Å². The Morgan fingerprint density at radius 3 is 2.55 bits per heavy atom. The van der Waals surface area contributed by atoms with E-state index in [1.807, 2.05) is 18.2 Å². The first-order valence-electron chi connectivity index (χ1n) is 6.63. The smallest absolute Gasteiger partial charge is 0.188 e. The molecule has 0 spiro atoms. The molecule has 1 saturated carbocycles. The fourth-order valence-electron chi connectivity index (χ4n) is 2.40. The molecule has 1 aromatic carbocycles. The van der Waals surface area contributed by atoms with E-state index in [4.69, 9.17) is 18.9 Å². The lowest BCUT2D eigenvalue weighted by molar-refractivity contribution is -0.117. The van der Waals surface area contributed by atoms with Crippen molar-refractivity contribution in [1.82, 2.24) is 0 Å². The first-order valence-corrected chi connectivity index (χ1v) is 6.63. The number of Topliss-reactive ketones (excluding diaryl/α,β-unsaturated/α-hetero) is 1. The summed E-state index contributed by atoms with van der Waals surface area (Å²) in [5, 5.41) is 0. The number of methoxy groups -OCH3 is 2. The lowest BCUT2D eigenvalue weighted by atomic mass is 9.96. The Labute approximate surface area is 118 Å². The van der Waals surface area contributed by atoms with E-state index >= 15 is 0 Å².